The number of imide groups is 1. The van der Waals surface area contributed by atoms with Crippen molar-refractivity contribution in [2.24, 2.45) is 0 Å². The zero-order valence-corrected chi connectivity index (χ0v) is 17.6. The van der Waals surface area contributed by atoms with Crippen LogP contribution in [-0.2, 0) is 14.4 Å². The van der Waals surface area contributed by atoms with Crippen LogP contribution in [0.5, 0.6) is 0 Å². The summed E-state index contributed by atoms with van der Waals surface area (Å²) in [6.07, 6.45) is 11.3. The highest BCUT2D eigenvalue weighted by Gasteiger charge is 2.22. The van der Waals surface area contributed by atoms with Gasteiger partial charge < -0.3 is 9.80 Å². The largest absolute Gasteiger partial charge is 0.341 e. The van der Waals surface area contributed by atoms with Crippen LogP contribution in [0.2, 0.25) is 0 Å². The standard InChI is InChI=1S/C19H29N3O3.C2H6/c1-15-6-5-7-17(10-8-15)18(21(3)4)12-22(14-24)16(2)9-11-19(25)20-13-23;1-2/h5,7-8,10,13-14,16,18H,6,9,11-12H2,1-4H3,(H,20,23,25);1-2H3. The second-order valence-electron chi connectivity index (χ2n) is 6.64. The Morgan fingerprint density at radius 1 is 1.26 bits per heavy atom. The molecule has 0 saturated heterocycles. The van der Waals surface area contributed by atoms with Gasteiger partial charge in [0.25, 0.3) is 0 Å². The number of rotatable bonds is 10. The van der Waals surface area contributed by atoms with Gasteiger partial charge in [0.15, 0.2) is 0 Å². The number of likely N-dealkylation sites (N-methyl/N-ethyl adjacent to an activating group) is 1. The van der Waals surface area contributed by atoms with Gasteiger partial charge in [-0.3, -0.25) is 19.7 Å². The average molecular weight is 378 g/mol. The van der Waals surface area contributed by atoms with Crippen molar-refractivity contribution in [1.82, 2.24) is 15.1 Å². The first-order valence-electron chi connectivity index (χ1n) is 9.53. The first-order valence-corrected chi connectivity index (χ1v) is 9.53. The molecule has 152 valence electrons. The molecule has 27 heavy (non-hydrogen) atoms. The lowest BCUT2D eigenvalue weighted by Gasteiger charge is -2.33. The second-order valence-corrected chi connectivity index (χ2v) is 6.64. The SMILES string of the molecule is CC.CC1=CC=C(C(CN(C=O)C(C)CCC(=O)NC=O)N(C)C)C=CC1. The van der Waals surface area contributed by atoms with E-state index in [2.05, 4.69) is 41.4 Å². The summed E-state index contributed by atoms with van der Waals surface area (Å²) in [5.41, 5.74) is 2.45. The monoisotopic (exact) mass is 377 g/mol. The predicted molar refractivity (Wildman–Crippen MR) is 110 cm³/mol. The van der Waals surface area contributed by atoms with Crippen LogP contribution in [0.25, 0.3) is 0 Å². The third-order valence-electron chi connectivity index (χ3n) is 4.41. The Balaban J connectivity index is 0.00000326. The summed E-state index contributed by atoms with van der Waals surface area (Å²) in [5, 5.41) is 2.12. The lowest BCUT2D eigenvalue weighted by molar-refractivity contribution is -0.126. The summed E-state index contributed by atoms with van der Waals surface area (Å²) in [6, 6.07) is -0.0279. The Hall–Kier alpha value is -2.21. The first kappa shape index (κ1) is 24.8. The van der Waals surface area contributed by atoms with Crippen LogP contribution in [0.15, 0.2) is 35.5 Å². The highest BCUT2D eigenvalue weighted by molar-refractivity contribution is 5.85. The number of hydrogen-bond acceptors (Lipinski definition) is 4. The fraction of sp³-hybridized carbons (Fsp3) is 0.571. The Bertz CT molecular complexity index is 565. The third kappa shape index (κ3) is 9.33. The number of carbonyl (C=O) groups excluding carboxylic acids is 3. The number of nitrogens with one attached hydrogen (secondary N) is 1. The van der Waals surface area contributed by atoms with E-state index in [4.69, 9.17) is 0 Å². The molecule has 0 aliphatic heterocycles. The molecule has 1 rings (SSSR count). The van der Waals surface area contributed by atoms with E-state index in [1.165, 1.54) is 5.57 Å². The van der Waals surface area contributed by atoms with E-state index in [0.29, 0.717) is 19.4 Å². The molecule has 0 spiro atoms. The van der Waals surface area contributed by atoms with Crippen LogP contribution < -0.4 is 5.32 Å². The minimum atomic E-state index is -0.327. The van der Waals surface area contributed by atoms with Gasteiger partial charge in [-0.15, -0.1) is 0 Å². The molecular formula is C21H35N3O3. The Morgan fingerprint density at radius 2 is 1.93 bits per heavy atom. The van der Waals surface area contributed by atoms with Crippen LogP contribution in [0.4, 0.5) is 0 Å². The molecule has 2 unspecified atom stereocenters. The molecule has 0 heterocycles. The van der Waals surface area contributed by atoms with Gasteiger partial charge in [0.2, 0.25) is 18.7 Å². The number of amides is 3. The van der Waals surface area contributed by atoms with Crippen molar-refractivity contribution in [3.8, 4) is 0 Å². The Kier molecular flexibility index (Phi) is 12.8. The van der Waals surface area contributed by atoms with Gasteiger partial charge in [-0.25, -0.2) is 0 Å². The number of carbonyl (C=O) groups is 3. The lowest BCUT2D eigenvalue weighted by atomic mass is 10.0. The van der Waals surface area contributed by atoms with Crippen LogP contribution in [0.1, 0.15) is 47.0 Å². The molecule has 0 radical (unpaired) electrons. The molecule has 1 aliphatic carbocycles. The highest BCUT2D eigenvalue weighted by Crippen LogP contribution is 2.18. The normalized spacial score (nSPS) is 15.4. The molecule has 3 amide bonds. The fourth-order valence-electron chi connectivity index (χ4n) is 2.70. The molecule has 1 N–H and O–H groups in total. The second kappa shape index (κ2) is 13.9. The quantitative estimate of drug-likeness (QED) is 0.594. The van der Waals surface area contributed by atoms with Crippen molar-refractivity contribution in [2.45, 2.75) is 59.0 Å². The van der Waals surface area contributed by atoms with Crippen molar-refractivity contribution < 1.29 is 14.4 Å². The molecular weight excluding hydrogens is 342 g/mol. The Labute approximate surface area is 164 Å². The van der Waals surface area contributed by atoms with E-state index in [1.54, 1.807) is 4.90 Å². The first-order chi connectivity index (χ1) is 12.9. The van der Waals surface area contributed by atoms with Gasteiger partial charge >= 0.3 is 0 Å². The smallest absolute Gasteiger partial charge is 0.226 e. The molecule has 6 nitrogen and oxygen atoms in total. The molecule has 1 aliphatic rings. The summed E-state index contributed by atoms with van der Waals surface area (Å²) >= 11 is 0. The summed E-state index contributed by atoms with van der Waals surface area (Å²) in [6.45, 7) is 8.55. The maximum absolute atomic E-state index is 11.6. The van der Waals surface area contributed by atoms with Gasteiger partial charge in [-0.2, -0.15) is 0 Å². The van der Waals surface area contributed by atoms with E-state index < -0.39 is 0 Å². The van der Waals surface area contributed by atoms with E-state index in [1.807, 2.05) is 34.9 Å². The molecule has 0 aromatic carbocycles. The average Bonchev–Trinajstić information content (AvgIpc) is 2.87. The predicted octanol–water partition coefficient (Wildman–Crippen LogP) is 2.68. The molecule has 2 atom stereocenters. The third-order valence-corrected chi connectivity index (χ3v) is 4.41. The summed E-state index contributed by atoms with van der Waals surface area (Å²) in [4.78, 5) is 37.1. The zero-order chi connectivity index (χ0) is 20.8. The van der Waals surface area contributed by atoms with Crippen molar-refractivity contribution >= 4 is 18.7 Å². The van der Waals surface area contributed by atoms with Crippen molar-refractivity contribution in [3.63, 3.8) is 0 Å². The number of allylic oxidation sites excluding steroid dienone is 4. The summed E-state index contributed by atoms with van der Waals surface area (Å²) in [5.74, 6) is -0.327. The van der Waals surface area contributed by atoms with Crippen LogP contribution in [-0.4, -0.2) is 61.3 Å². The van der Waals surface area contributed by atoms with Crippen LogP contribution in [0, 0.1) is 0 Å². The van der Waals surface area contributed by atoms with E-state index in [0.717, 1.165) is 18.4 Å². The van der Waals surface area contributed by atoms with Crippen molar-refractivity contribution in [2.75, 3.05) is 20.6 Å². The van der Waals surface area contributed by atoms with E-state index in [-0.39, 0.29) is 24.4 Å². The van der Waals surface area contributed by atoms with Crippen molar-refractivity contribution in [3.05, 3.63) is 35.5 Å². The van der Waals surface area contributed by atoms with Gasteiger partial charge in [0, 0.05) is 19.0 Å². The van der Waals surface area contributed by atoms with Crippen LogP contribution >= 0.6 is 0 Å². The molecule has 0 saturated carbocycles. The van der Waals surface area contributed by atoms with Crippen LogP contribution in [0.3, 0.4) is 0 Å². The molecule has 0 aromatic heterocycles. The lowest BCUT2D eigenvalue weighted by Crippen LogP contribution is -2.44. The maximum atomic E-state index is 11.6. The van der Waals surface area contributed by atoms with Gasteiger partial charge in [0.1, 0.15) is 0 Å². The molecule has 6 heteroatoms. The highest BCUT2D eigenvalue weighted by atomic mass is 16.2. The molecule has 0 fully saturated rings. The fourth-order valence-corrected chi connectivity index (χ4v) is 2.70. The Morgan fingerprint density at radius 3 is 2.48 bits per heavy atom. The van der Waals surface area contributed by atoms with Gasteiger partial charge in [-0.05, 0) is 46.4 Å². The van der Waals surface area contributed by atoms with Crippen molar-refractivity contribution in [1.29, 1.82) is 0 Å². The topological polar surface area (TPSA) is 69.7 Å². The summed E-state index contributed by atoms with van der Waals surface area (Å²) in [7, 11) is 3.98. The van der Waals surface area contributed by atoms with E-state index >= 15 is 0 Å². The molecule has 0 bridgehead atoms. The van der Waals surface area contributed by atoms with Gasteiger partial charge in [-0.1, -0.05) is 43.7 Å². The molecule has 0 aromatic rings. The minimum absolute atomic E-state index is 0.0647. The maximum Gasteiger partial charge on any atom is 0.226 e. The number of hydrogen-bond donors (Lipinski definition) is 1. The zero-order valence-electron chi connectivity index (χ0n) is 17.6. The summed E-state index contributed by atoms with van der Waals surface area (Å²) < 4.78 is 0. The number of nitrogens with zero attached hydrogens (tertiary/aromatic N) is 2. The van der Waals surface area contributed by atoms with E-state index in [9.17, 15) is 14.4 Å². The minimum Gasteiger partial charge on any atom is -0.341 e. The van der Waals surface area contributed by atoms with Gasteiger partial charge in [0.05, 0.1) is 6.04 Å².